The lowest BCUT2D eigenvalue weighted by Gasteiger charge is -2.35. The van der Waals surface area contributed by atoms with Crippen LogP contribution >= 0.6 is 0 Å². The van der Waals surface area contributed by atoms with E-state index in [-0.39, 0.29) is 10.8 Å². The Kier molecular flexibility index (Phi) is 6.10. The third-order valence-electron chi connectivity index (χ3n) is 6.00. The van der Waals surface area contributed by atoms with Gasteiger partial charge in [-0.2, -0.15) is 9.40 Å². The number of methoxy groups -OCH3 is 1. The first-order valence-corrected chi connectivity index (χ1v) is 11.9. The minimum atomic E-state index is -3.72. The highest BCUT2D eigenvalue weighted by molar-refractivity contribution is 7.89. The average molecular weight is 433 g/mol. The number of likely N-dealkylation sites (tertiary alicyclic amines) is 1. The van der Waals surface area contributed by atoms with Crippen molar-refractivity contribution in [1.29, 1.82) is 0 Å². The molecule has 0 unspecified atom stereocenters. The second-order valence-corrected chi connectivity index (χ2v) is 9.74. The van der Waals surface area contributed by atoms with Crippen molar-refractivity contribution in [2.45, 2.75) is 49.5 Å². The molecule has 2 aliphatic rings. The van der Waals surface area contributed by atoms with Gasteiger partial charge in [-0.1, -0.05) is 6.42 Å². The molecule has 1 N–H and O–H groups in total. The van der Waals surface area contributed by atoms with Crippen LogP contribution in [0.5, 0.6) is 5.75 Å². The molecular formula is C21H28N4O4S. The molecule has 0 saturated carbocycles. The van der Waals surface area contributed by atoms with Crippen LogP contribution in [0.3, 0.4) is 0 Å². The molecule has 0 radical (unpaired) electrons. The van der Waals surface area contributed by atoms with Crippen LogP contribution in [0.25, 0.3) is 0 Å². The number of aromatic amines is 1. The minimum absolute atomic E-state index is 0.0641. The molecule has 1 aromatic heterocycles. The van der Waals surface area contributed by atoms with Gasteiger partial charge in [0.05, 0.1) is 35.5 Å². The number of hydrogen-bond acceptors (Lipinski definition) is 5. The van der Waals surface area contributed by atoms with Crippen LogP contribution in [0.15, 0.2) is 35.4 Å². The number of nitrogens with zero attached hydrogens (tertiary/aromatic N) is 3. The van der Waals surface area contributed by atoms with Crippen molar-refractivity contribution >= 4 is 15.9 Å². The molecule has 2 aromatic rings. The van der Waals surface area contributed by atoms with E-state index in [2.05, 4.69) is 10.2 Å². The number of carbonyl (C=O) groups excluding carboxylic acids is 1. The fraction of sp³-hybridized carbons (Fsp3) is 0.524. The predicted octanol–water partition coefficient (Wildman–Crippen LogP) is 2.96. The highest BCUT2D eigenvalue weighted by Gasteiger charge is 2.37. The fourth-order valence-electron chi connectivity index (χ4n) is 4.35. The summed E-state index contributed by atoms with van der Waals surface area (Å²) >= 11 is 0. The number of aromatic nitrogens is 2. The van der Waals surface area contributed by atoms with E-state index >= 15 is 0 Å². The number of H-pyrrole nitrogens is 1. The molecule has 2 aliphatic heterocycles. The van der Waals surface area contributed by atoms with Gasteiger partial charge in [-0.05, 0) is 56.4 Å². The summed E-state index contributed by atoms with van der Waals surface area (Å²) in [6.45, 7) is 1.89. The molecule has 3 heterocycles. The van der Waals surface area contributed by atoms with Crippen LogP contribution in [-0.2, 0) is 10.0 Å². The van der Waals surface area contributed by atoms with Gasteiger partial charge in [-0.25, -0.2) is 8.42 Å². The van der Waals surface area contributed by atoms with Crippen molar-refractivity contribution in [3.05, 3.63) is 41.7 Å². The molecule has 4 rings (SSSR count). The molecule has 8 nitrogen and oxygen atoms in total. The third kappa shape index (κ3) is 3.96. The van der Waals surface area contributed by atoms with Gasteiger partial charge in [0.2, 0.25) is 10.0 Å². The minimum Gasteiger partial charge on any atom is -0.497 e. The van der Waals surface area contributed by atoms with Crippen molar-refractivity contribution in [1.82, 2.24) is 19.4 Å². The van der Waals surface area contributed by atoms with Crippen LogP contribution < -0.4 is 4.74 Å². The van der Waals surface area contributed by atoms with Crippen molar-refractivity contribution in [2.75, 3.05) is 26.7 Å². The maximum atomic E-state index is 13.4. The molecule has 1 atom stereocenters. The maximum absolute atomic E-state index is 13.4. The van der Waals surface area contributed by atoms with Crippen molar-refractivity contribution in [3.63, 3.8) is 0 Å². The van der Waals surface area contributed by atoms with Gasteiger partial charge in [-0.15, -0.1) is 0 Å². The van der Waals surface area contributed by atoms with Crippen LogP contribution in [0.1, 0.15) is 60.6 Å². The summed E-state index contributed by atoms with van der Waals surface area (Å²) in [6, 6.07) is 5.98. The molecule has 2 fully saturated rings. The average Bonchev–Trinajstić information content (AvgIpc) is 3.29. The Morgan fingerprint density at radius 2 is 1.77 bits per heavy atom. The fourth-order valence-corrected chi connectivity index (χ4v) is 6.02. The molecule has 162 valence electrons. The predicted molar refractivity (Wildman–Crippen MR) is 112 cm³/mol. The highest BCUT2D eigenvalue weighted by Crippen LogP contribution is 2.36. The summed E-state index contributed by atoms with van der Waals surface area (Å²) in [6.07, 6.45) is 7.02. The third-order valence-corrected chi connectivity index (χ3v) is 7.92. The van der Waals surface area contributed by atoms with Gasteiger partial charge in [0.25, 0.3) is 5.91 Å². The molecule has 9 heteroatoms. The van der Waals surface area contributed by atoms with Crippen molar-refractivity contribution < 1.29 is 17.9 Å². The zero-order chi connectivity index (χ0) is 21.1. The Morgan fingerprint density at radius 3 is 2.47 bits per heavy atom. The number of nitrogens with one attached hydrogen (secondary N) is 1. The second-order valence-electron chi connectivity index (χ2n) is 7.85. The Labute approximate surface area is 177 Å². The van der Waals surface area contributed by atoms with E-state index in [0.717, 1.165) is 45.2 Å². The van der Waals surface area contributed by atoms with Gasteiger partial charge in [0.1, 0.15) is 5.75 Å². The molecular weight excluding hydrogens is 404 g/mol. The van der Waals surface area contributed by atoms with Crippen LogP contribution in [0.4, 0.5) is 0 Å². The molecule has 0 spiro atoms. The first-order chi connectivity index (χ1) is 14.5. The largest absolute Gasteiger partial charge is 0.497 e. The van der Waals surface area contributed by atoms with Gasteiger partial charge in [0, 0.05) is 19.6 Å². The molecule has 2 saturated heterocycles. The molecule has 30 heavy (non-hydrogen) atoms. The summed E-state index contributed by atoms with van der Waals surface area (Å²) < 4.78 is 33.5. The van der Waals surface area contributed by atoms with Crippen LogP contribution in [0.2, 0.25) is 0 Å². The smallest absolute Gasteiger partial charge is 0.257 e. The lowest BCUT2D eigenvalue weighted by atomic mass is 9.98. The van der Waals surface area contributed by atoms with Gasteiger partial charge in [0.15, 0.2) is 0 Å². The standard InChI is InChI=1S/C21H28N4O4S/c1-29-16-8-10-17(11-9-16)30(27,28)25-14-6-3-7-19(25)20-18(15-22-23-20)21(26)24-12-4-2-5-13-24/h8-11,15,19H,2-7,12-14H2,1H3,(H,22,23)/t19-/m1/s1. The van der Waals surface area contributed by atoms with E-state index in [1.807, 2.05) is 4.90 Å². The first-order valence-electron chi connectivity index (χ1n) is 10.5. The summed E-state index contributed by atoms with van der Waals surface area (Å²) in [5, 5.41) is 7.06. The summed E-state index contributed by atoms with van der Waals surface area (Å²) in [7, 11) is -2.18. The van der Waals surface area contributed by atoms with Gasteiger partial charge in [-0.3, -0.25) is 9.89 Å². The highest BCUT2D eigenvalue weighted by atomic mass is 32.2. The number of piperidine rings is 2. The topological polar surface area (TPSA) is 95.6 Å². The monoisotopic (exact) mass is 432 g/mol. The van der Waals surface area contributed by atoms with Crippen molar-refractivity contribution in [2.24, 2.45) is 0 Å². The number of carbonyl (C=O) groups is 1. The van der Waals surface area contributed by atoms with E-state index < -0.39 is 16.1 Å². The van der Waals surface area contributed by atoms with Crippen LogP contribution in [-0.4, -0.2) is 60.5 Å². The van der Waals surface area contributed by atoms with Crippen LogP contribution in [0, 0.1) is 0 Å². The maximum Gasteiger partial charge on any atom is 0.257 e. The Morgan fingerprint density at radius 1 is 1.07 bits per heavy atom. The summed E-state index contributed by atoms with van der Waals surface area (Å²) in [4.78, 5) is 15.2. The van der Waals surface area contributed by atoms with Gasteiger partial charge < -0.3 is 9.64 Å². The number of rotatable bonds is 5. The van der Waals surface area contributed by atoms with Crippen molar-refractivity contribution in [3.8, 4) is 5.75 Å². The Hall–Kier alpha value is -2.39. The van der Waals surface area contributed by atoms with E-state index in [1.165, 1.54) is 4.31 Å². The van der Waals surface area contributed by atoms with E-state index in [4.69, 9.17) is 4.74 Å². The molecule has 0 bridgehead atoms. The lowest BCUT2D eigenvalue weighted by Crippen LogP contribution is -2.40. The van der Waals surface area contributed by atoms with E-state index in [9.17, 15) is 13.2 Å². The zero-order valence-electron chi connectivity index (χ0n) is 17.2. The SMILES string of the molecule is COc1ccc(S(=O)(=O)N2CCCC[C@@H]2c2[nH]ncc2C(=O)N2CCCCC2)cc1. The van der Waals surface area contributed by atoms with Gasteiger partial charge >= 0.3 is 0 Å². The quantitative estimate of drug-likeness (QED) is 0.784. The van der Waals surface area contributed by atoms with E-state index in [0.29, 0.717) is 30.0 Å². The molecule has 0 aliphatic carbocycles. The summed E-state index contributed by atoms with van der Waals surface area (Å²) in [5.41, 5.74) is 1.08. The second kappa shape index (κ2) is 8.77. The molecule has 1 amide bonds. The normalized spacial score (nSPS) is 20.8. The lowest BCUT2D eigenvalue weighted by molar-refractivity contribution is 0.0720. The molecule has 1 aromatic carbocycles. The van der Waals surface area contributed by atoms with E-state index in [1.54, 1.807) is 37.6 Å². The Bertz CT molecular complexity index is 981. The number of hydrogen-bond donors (Lipinski definition) is 1. The summed E-state index contributed by atoms with van der Waals surface area (Å²) in [5.74, 6) is 0.540. The number of ether oxygens (including phenoxy) is 1. The zero-order valence-corrected chi connectivity index (χ0v) is 18.0. The Balaban J connectivity index is 1.64. The number of benzene rings is 1. The first kappa shape index (κ1) is 20.9. The number of amides is 1. The number of sulfonamides is 1.